The average molecular weight is 293 g/mol. The van der Waals surface area contributed by atoms with Gasteiger partial charge in [-0.2, -0.15) is 5.10 Å². The number of benzene rings is 1. The molecule has 6 heteroatoms. The fourth-order valence-electron chi connectivity index (χ4n) is 1.96. The van der Waals surface area contributed by atoms with Gasteiger partial charge in [0.25, 0.3) is 0 Å². The van der Waals surface area contributed by atoms with Crippen molar-refractivity contribution in [2.45, 2.75) is 31.7 Å². The van der Waals surface area contributed by atoms with Crippen molar-refractivity contribution in [3.63, 3.8) is 0 Å². The summed E-state index contributed by atoms with van der Waals surface area (Å²) in [7, 11) is -1.84. The fraction of sp³-hybridized carbons (Fsp3) is 0.357. The third-order valence-corrected chi connectivity index (χ3v) is 5.03. The molecular formula is C14H19N3O2S. The van der Waals surface area contributed by atoms with Crippen molar-refractivity contribution < 1.29 is 8.42 Å². The zero-order chi connectivity index (χ0) is 14.9. The van der Waals surface area contributed by atoms with Gasteiger partial charge in [0, 0.05) is 13.1 Å². The molecule has 1 unspecified atom stereocenters. The third-order valence-electron chi connectivity index (χ3n) is 3.39. The molecule has 20 heavy (non-hydrogen) atoms. The molecule has 0 aliphatic carbocycles. The Labute approximate surface area is 119 Å². The zero-order valence-electron chi connectivity index (χ0n) is 12.1. The molecule has 0 amide bonds. The van der Waals surface area contributed by atoms with Crippen LogP contribution in [0.2, 0.25) is 0 Å². The van der Waals surface area contributed by atoms with Crippen LogP contribution in [0.25, 0.3) is 0 Å². The Balaban J connectivity index is 2.24. The van der Waals surface area contributed by atoms with Gasteiger partial charge in [-0.25, -0.2) is 13.1 Å². The minimum absolute atomic E-state index is 0.221. The largest absolute Gasteiger partial charge is 0.272 e. The first-order chi connectivity index (χ1) is 9.31. The lowest BCUT2D eigenvalue weighted by atomic mass is 10.1. The molecule has 0 saturated heterocycles. The molecule has 5 nitrogen and oxygen atoms in total. The van der Waals surface area contributed by atoms with Crippen molar-refractivity contribution in [3.05, 3.63) is 47.3 Å². The minimum atomic E-state index is -3.56. The van der Waals surface area contributed by atoms with E-state index in [2.05, 4.69) is 9.82 Å². The van der Waals surface area contributed by atoms with Gasteiger partial charge in [0.1, 0.15) is 4.90 Å². The van der Waals surface area contributed by atoms with E-state index in [9.17, 15) is 8.42 Å². The molecule has 0 radical (unpaired) electrons. The summed E-state index contributed by atoms with van der Waals surface area (Å²) in [5.74, 6) is 0. The van der Waals surface area contributed by atoms with Gasteiger partial charge < -0.3 is 0 Å². The third kappa shape index (κ3) is 2.91. The van der Waals surface area contributed by atoms with E-state index >= 15 is 0 Å². The lowest BCUT2D eigenvalue weighted by Crippen LogP contribution is -2.27. The maximum absolute atomic E-state index is 12.4. The van der Waals surface area contributed by atoms with Gasteiger partial charge in [0.2, 0.25) is 10.0 Å². The topological polar surface area (TPSA) is 64.0 Å². The van der Waals surface area contributed by atoms with E-state index in [1.807, 2.05) is 38.1 Å². The Morgan fingerprint density at radius 1 is 1.20 bits per heavy atom. The van der Waals surface area contributed by atoms with E-state index in [1.165, 1.54) is 6.20 Å². The monoisotopic (exact) mass is 293 g/mol. The summed E-state index contributed by atoms with van der Waals surface area (Å²) in [5, 5.41) is 3.97. The highest BCUT2D eigenvalue weighted by molar-refractivity contribution is 7.89. The van der Waals surface area contributed by atoms with Crippen LogP contribution >= 0.6 is 0 Å². The maximum atomic E-state index is 12.4. The van der Waals surface area contributed by atoms with Gasteiger partial charge in [-0.3, -0.25) is 4.68 Å². The SMILES string of the molecule is Cc1ccc(C(C)NS(=O)(=O)c2cnn(C)c2C)cc1. The molecule has 0 spiro atoms. The summed E-state index contributed by atoms with van der Waals surface area (Å²) in [5.41, 5.74) is 2.70. The molecule has 1 atom stereocenters. The predicted octanol–water partition coefficient (Wildman–Crippen LogP) is 2.08. The van der Waals surface area contributed by atoms with Crippen molar-refractivity contribution in [1.82, 2.24) is 14.5 Å². The van der Waals surface area contributed by atoms with Crippen LogP contribution in [0.5, 0.6) is 0 Å². The van der Waals surface area contributed by atoms with Crippen LogP contribution in [0.1, 0.15) is 29.8 Å². The van der Waals surface area contributed by atoms with E-state index in [1.54, 1.807) is 18.7 Å². The van der Waals surface area contributed by atoms with Gasteiger partial charge >= 0.3 is 0 Å². The van der Waals surface area contributed by atoms with E-state index in [4.69, 9.17) is 0 Å². The van der Waals surface area contributed by atoms with Gasteiger partial charge in [-0.05, 0) is 26.3 Å². The Morgan fingerprint density at radius 2 is 1.80 bits per heavy atom. The number of nitrogens with one attached hydrogen (secondary N) is 1. The number of nitrogens with zero attached hydrogens (tertiary/aromatic N) is 2. The van der Waals surface area contributed by atoms with Crippen LogP contribution in [-0.2, 0) is 17.1 Å². The first-order valence-corrected chi connectivity index (χ1v) is 7.87. The molecule has 0 aliphatic rings. The second-order valence-corrected chi connectivity index (χ2v) is 6.65. The molecule has 1 heterocycles. The molecular weight excluding hydrogens is 274 g/mol. The van der Waals surface area contributed by atoms with E-state index in [0.717, 1.165) is 11.1 Å². The lowest BCUT2D eigenvalue weighted by molar-refractivity contribution is 0.566. The summed E-state index contributed by atoms with van der Waals surface area (Å²) in [4.78, 5) is 0.221. The van der Waals surface area contributed by atoms with Crippen molar-refractivity contribution in [2.24, 2.45) is 7.05 Å². The average Bonchev–Trinajstić information content (AvgIpc) is 2.71. The van der Waals surface area contributed by atoms with Gasteiger partial charge in [-0.15, -0.1) is 0 Å². The van der Waals surface area contributed by atoms with E-state index in [0.29, 0.717) is 5.69 Å². The second kappa shape index (κ2) is 5.38. The van der Waals surface area contributed by atoms with Crippen LogP contribution in [0.3, 0.4) is 0 Å². The van der Waals surface area contributed by atoms with E-state index < -0.39 is 10.0 Å². The molecule has 1 aromatic heterocycles. The number of sulfonamides is 1. The van der Waals surface area contributed by atoms with Crippen LogP contribution in [0.4, 0.5) is 0 Å². The summed E-state index contributed by atoms with van der Waals surface area (Å²) >= 11 is 0. The molecule has 0 saturated carbocycles. The van der Waals surface area contributed by atoms with Gasteiger partial charge in [0.15, 0.2) is 0 Å². The zero-order valence-corrected chi connectivity index (χ0v) is 12.9. The van der Waals surface area contributed by atoms with Crippen LogP contribution in [0, 0.1) is 13.8 Å². The number of aryl methyl sites for hydroxylation is 2. The number of rotatable bonds is 4. The predicted molar refractivity (Wildman–Crippen MR) is 77.9 cm³/mol. The Hall–Kier alpha value is -1.66. The molecule has 0 fully saturated rings. The number of hydrogen-bond donors (Lipinski definition) is 1. The summed E-state index contributed by atoms with van der Waals surface area (Å²) in [6.07, 6.45) is 1.37. The summed E-state index contributed by atoms with van der Waals surface area (Å²) in [6, 6.07) is 7.50. The van der Waals surface area contributed by atoms with E-state index in [-0.39, 0.29) is 10.9 Å². The molecule has 108 valence electrons. The number of hydrogen-bond acceptors (Lipinski definition) is 3. The highest BCUT2D eigenvalue weighted by atomic mass is 32.2. The van der Waals surface area contributed by atoms with Crippen molar-refractivity contribution in [2.75, 3.05) is 0 Å². The van der Waals surface area contributed by atoms with Crippen molar-refractivity contribution >= 4 is 10.0 Å². The highest BCUT2D eigenvalue weighted by Crippen LogP contribution is 2.19. The van der Waals surface area contributed by atoms with Gasteiger partial charge in [0.05, 0.1) is 11.9 Å². The first-order valence-electron chi connectivity index (χ1n) is 6.39. The van der Waals surface area contributed by atoms with Gasteiger partial charge in [-0.1, -0.05) is 29.8 Å². The Morgan fingerprint density at radius 3 is 2.30 bits per heavy atom. The fourth-order valence-corrected chi connectivity index (χ4v) is 3.40. The molecule has 1 aromatic carbocycles. The molecule has 2 rings (SSSR count). The Bertz CT molecular complexity index is 703. The molecule has 1 N–H and O–H groups in total. The quantitative estimate of drug-likeness (QED) is 0.938. The highest BCUT2D eigenvalue weighted by Gasteiger charge is 2.22. The van der Waals surface area contributed by atoms with Crippen molar-refractivity contribution in [3.8, 4) is 0 Å². The summed E-state index contributed by atoms with van der Waals surface area (Å²) in [6.45, 7) is 5.56. The smallest absolute Gasteiger partial charge is 0.244 e. The summed E-state index contributed by atoms with van der Waals surface area (Å²) < 4.78 is 28.9. The van der Waals surface area contributed by atoms with Crippen LogP contribution in [0.15, 0.2) is 35.4 Å². The lowest BCUT2D eigenvalue weighted by Gasteiger charge is -2.14. The number of aromatic nitrogens is 2. The Kier molecular flexibility index (Phi) is 3.96. The molecule has 0 bridgehead atoms. The van der Waals surface area contributed by atoms with Crippen LogP contribution in [-0.4, -0.2) is 18.2 Å². The standard InChI is InChI=1S/C14H19N3O2S/c1-10-5-7-13(8-6-10)11(2)16-20(18,19)14-9-15-17(4)12(14)3/h5-9,11,16H,1-4H3. The molecule has 2 aromatic rings. The maximum Gasteiger partial charge on any atom is 0.244 e. The van der Waals surface area contributed by atoms with Crippen molar-refractivity contribution in [1.29, 1.82) is 0 Å². The minimum Gasteiger partial charge on any atom is -0.272 e. The second-order valence-electron chi connectivity index (χ2n) is 4.97. The normalized spacial score (nSPS) is 13.4. The first kappa shape index (κ1) is 14.7. The van der Waals surface area contributed by atoms with Crippen LogP contribution < -0.4 is 4.72 Å². The molecule has 0 aliphatic heterocycles.